The van der Waals surface area contributed by atoms with Gasteiger partial charge in [0.15, 0.2) is 0 Å². The van der Waals surface area contributed by atoms with Crippen molar-refractivity contribution in [2.45, 2.75) is 37.0 Å². The molecule has 0 amide bonds. The molecule has 8 heteroatoms. The lowest BCUT2D eigenvalue weighted by Crippen LogP contribution is -2.42. The lowest BCUT2D eigenvalue weighted by Gasteiger charge is -2.31. The van der Waals surface area contributed by atoms with Crippen molar-refractivity contribution in [2.24, 2.45) is 5.73 Å². The van der Waals surface area contributed by atoms with Crippen LogP contribution in [0.15, 0.2) is 4.90 Å². The maximum absolute atomic E-state index is 12.7. The van der Waals surface area contributed by atoms with Gasteiger partial charge in [-0.1, -0.05) is 6.92 Å². The fraction of sp³-hybridized carbons (Fsp3) is 0.727. The first kappa shape index (κ1) is 14.8. The van der Waals surface area contributed by atoms with Gasteiger partial charge in [-0.25, -0.2) is 8.42 Å². The molecule has 0 aromatic carbocycles. The number of rotatable bonds is 4. The minimum atomic E-state index is -3.49. The highest BCUT2D eigenvalue weighted by Crippen LogP contribution is 2.28. The molecular weight excluding hydrogens is 284 g/mol. The Bertz CT molecular complexity index is 541. The fourth-order valence-corrected chi connectivity index (χ4v) is 5.45. The number of aromatic nitrogens is 2. The van der Waals surface area contributed by atoms with Crippen LogP contribution in [-0.2, 0) is 16.6 Å². The molecule has 1 saturated heterocycles. The lowest BCUT2D eigenvalue weighted by molar-refractivity contribution is 0.415. The molecule has 0 saturated carbocycles. The summed E-state index contributed by atoms with van der Waals surface area (Å²) in [5.74, 6) is 0.840. The van der Waals surface area contributed by atoms with Gasteiger partial charge in [0.25, 0.3) is 0 Å². The van der Waals surface area contributed by atoms with E-state index in [0.717, 1.165) is 12.2 Å². The first-order valence-electron chi connectivity index (χ1n) is 6.36. The SMILES string of the molecule is CCC1CN(S(=O)(=O)c2c(CN)n[nH]c2C)CCS1. The van der Waals surface area contributed by atoms with E-state index in [0.29, 0.717) is 29.7 Å². The van der Waals surface area contributed by atoms with Gasteiger partial charge in [0.2, 0.25) is 10.0 Å². The molecule has 1 aliphatic heterocycles. The van der Waals surface area contributed by atoms with Crippen LogP contribution < -0.4 is 5.73 Å². The van der Waals surface area contributed by atoms with Crippen LogP contribution in [0.5, 0.6) is 0 Å². The summed E-state index contributed by atoms with van der Waals surface area (Å²) >= 11 is 1.84. The van der Waals surface area contributed by atoms with Gasteiger partial charge in [0.1, 0.15) is 4.90 Å². The van der Waals surface area contributed by atoms with E-state index >= 15 is 0 Å². The molecule has 3 N–H and O–H groups in total. The number of aromatic amines is 1. The van der Waals surface area contributed by atoms with Gasteiger partial charge < -0.3 is 5.73 Å². The molecule has 0 spiro atoms. The zero-order chi connectivity index (χ0) is 14.0. The molecule has 2 rings (SSSR count). The zero-order valence-electron chi connectivity index (χ0n) is 11.2. The number of aryl methyl sites for hydroxylation is 1. The second kappa shape index (κ2) is 5.82. The number of H-pyrrole nitrogens is 1. The monoisotopic (exact) mass is 304 g/mol. The number of nitrogens with one attached hydrogen (secondary N) is 1. The van der Waals surface area contributed by atoms with Crippen LogP contribution in [0.3, 0.4) is 0 Å². The summed E-state index contributed by atoms with van der Waals surface area (Å²) in [5, 5.41) is 7.06. The van der Waals surface area contributed by atoms with Crippen molar-refractivity contribution in [3.8, 4) is 0 Å². The summed E-state index contributed by atoms with van der Waals surface area (Å²) in [6, 6.07) is 0. The number of nitrogens with zero attached hydrogens (tertiary/aromatic N) is 2. The van der Waals surface area contributed by atoms with E-state index in [-0.39, 0.29) is 11.4 Å². The van der Waals surface area contributed by atoms with E-state index in [1.54, 1.807) is 11.2 Å². The summed E-state index contributed by atoms with van der Waals surface area (Å²) in [7, 11) is -3.49. The Morgan fingerprint density at radius 3 is 2.95 bits per heavy atom. The molecule has 6 nitrogen and oxygen atoms in total. The largest absolute Gasteiger partial charge is 0.325 e. The van der Waals surface area contributed by atoms with Gasteiger partial charge in [-0.05, 0) is 13.3 Å². The Morgan fingerprint density at radius 1 is 1.58 bits per heavy atom. The summed E-state index contributed by atoms with van der Waals surface area (Å²) in [5.41, 5.74) is 6.56. The Hall–Kier alpha value is -0.570. The Balaban J connectivity index is 2.34. The van der Waals surface area contributed by atoms with Crippen molar-refractivity contribution in [1.29, 1.82) is 0 Å². The lowest BCUT2D eigenvalue weighted by atomic mass is 10.3. The van der Waals surface area contributed by atoms with Crippen LogP contribution in [0, 0.1) is 6.92 Å². The Labute approximate surface area is 118 Å². The molecule has 1 atom stereocenters. The minimum absolute atomic E-state index is 0.124. The molecule has 1 aromatic heterocycles. The summed E-state index contributed by atoms with van der Waals surface area (Å²) in [4.78, 5) is 0.261. The maximum Gasteiger partial charge on any atom is 0.246 e. The van der Waals surface area contributed by atoms with E-state index in [1.807, 2.05) is 11.8 Å². The van der Waals surface area contributed by atoms with Crippen LogP contribution in [0.1, 0.15) is 24.7 Å². The molecule has 19 heavy (non-hydrogen) atoms. The van der Waals surface area contributed by atoms with E-state index in [2.05, 4.69) is 17.1 Å². The fourth-order valence-electron chi connectivity index (χ4n) is 2.24. The van der Waals surface area contributed by atoms with Crippen LogP contribution in [-0.4, -0.2) is 47.0 Å². The Morgan fingerprint density at radius 2 is 2.32 bits per heavy atom. The third kappa shape index (κ3) is 2.81. The van der Waals surface area contributed by atoms with Crippen LogP contribution in [0.4, 0.5) is 0 Å². The number of thioether (sulfide) groups is 1. The van der Waals surface area contributed by atoms with Gasteiger partial charge in [-0.3, -0.25) is 5.10 Å². The van der Waals surface area contributed by atoms with Crippen molar-refractivity contribution in [2.75, 3.05) is 18.8 Å². The molecule has 0 bridgehead atoms. The predicted molar refractivity (Wildman–Crippen MR) is 76.5 cm³/mol. The van der Waals surface area contributed by atoms with Gasteiger partial charge >= 0.3 is 0 Å². The van der Waals surface area contributed by atoms with E-state index in [1.165, 1.54) is 0 Å². The van der Waals surface area contributed by atoms with Gasteiger partial charge in [0, 0.05) is 30.6 Å². The molecule has 0 aliphatic carbocycles. The van der Waals surface area contributed by atoms with Gasteiger partial charge in [-0.2, -0.15) is 21.2 Å². The van der Waals surface area contributed by atoms with E-state index in [4.69, 9.17) is 5.73 Å². The third-order valence-electron chi connectivity index (χ3n) is 3.31. The average Bonchev–Trinajstić information content (AvgIpc) is 2.80. The number of nitrogens with two attached hydrogens (primary N) is 1. The molecular formula is C11H20N4O2S2. The first-order chi connectivity index (χ1) is 9.00. The summed E-state index contributed by atoms with van der Waals surface area (Å²) in [6.07, 6.45) is 0.977. The van der Waals surface area contributed by atoms with Gasteiger partial charge in [0.05, 0.1) is 11.4 Å². The molecule has 1 aromatic rings. The van der Waals surface area contributed by atoms with Crippen LogP contribution >= 0.6 is 11.8 Å². The van der Waals surface area contributed by atoms with Crippen LogP contribution in [0.2, 0.25) is 0 Å². The zero-order valence-corrected chi connectivity index (χ0v) is 12.9. The smallest absolute Gasteiger partial charge is 0.246 e. The summed E-state index contributed by atoms with van der Waals surface area (Å²) < 4.78 is 27.0. The molecule has 2 heterocycles. The number of hydrogen-bond acceptors (Lipinski definition) is 5. The average molecular weight is 304 g/mol. The highest BCUT2D eigenvalue weighted by molar-refractivity contribution is 8.00. The van der Waals surface area contributed by atoms with Gasteiger partial charge in [-0.15, -0.1) is 0 Å². The van der Waals surface area contributed by atoms with Crippen molar-refractivity contribution in [3.63, 3.8) is 0 Å². The molecule has 1 aliphatic rings. The highest BCUT2D eigenvalue weighted by atomic mass is 32.2. The molecule has 1 fully saturated rings. The predicted octanol–water partition coefficient (Wildman–Crippen LogP) is 0.693. The van der Waals surface area contributed by atoms with Crippen molar-refractivity contribution in [1.82, 2.24) is 14.5 Å². The third-order valence-corrected chi connectivity index (χ3v) is 6.75. The minimum Gasteiger partial charge on any atom is -0.325 e. The molecule has 108 valence electrons. The Kier molecular flexibility index (Phi) is 4.54. The second-order valence-electron chi connectivity index (χ2n) is 4.59. The second-order valence-corrected chi connectivity index (χ2v) is 7.88. The van der Waals surface area contributed by atoms with Crippen molar-refractivity contribution in [3.05, 3.63) is 11.4 Å². The standard InChI is InChI=1S/C11H20N4O2S2/c1-3-9-7-15(4-5-18-9)19(16,17)11-8(2)13-14-10(11)6-12/h9H,3-7,12H2,1-2H3,(H,13,14). The van der Waals surface area contributed by atoms with Crippen molar-refractivity contribution >= 4 is 21.8 Å². The molecule has 1 unspecified atom stereocenters. The quantitative estimate of drug-likeness (QED) is 0.854. The number of hydrogen-bond donors (Lipinski definition) is 2. The summed E-state index contributed by atoms with van der Waals surface area (Å²) in [6.45, 7) is 5.05. The van der Waals surface area contributed by atoms with E-state index < -0.39 is 10.0 Å². The van der Waals surface area contributed by atoms with Crippen molar-refractivity contribution < 1.29 is 8.42 Å². The van der Waals surface area contributed by atoms with Crippen LogP contribution in [0.25, 0.3) is 0 Å². The highest BCUT2D eigenvalue weighted by Gasteiger charge is 2.33. The maximum atomic E-state index is 12.7. The van der Waals surface area contributed by atoms with E-state index in [9.17, 15) is 8.42 Å². The topological polar surface area (TPSA) is 92.1 Å². The molecule has 0 radical (unpaired) electrons. The number of sulfonamides is 1. The normalized spacial score (nSPS) is 21.7. The first-order valence-corrected chi connectivity index (χ1v) is 8.85.